The van der Waals surface area contributed by atoms with Crippen LogP contribution in [0.5, 0.6) is 0 Å². The number of carbonyl (C=O) groups is 1. The Hall–Kier alpha value is -5.34. The molecule has 0 unspecified atom stereocenters. The van der Waals surface area contributed by atoms with Gasteiger partial charge in [0.05, 0.1) is 29.2 Å². The molecule has 2 aliphatic rings. The summed E-state index contributed by atoms with van der Waals surface area (Å²) in [4.78, 5) is 14.5. The van der Waals surface area contributed by atoms with Crippen molar-refractivity contribution >= 4 is 28.6 Å². The van der Waals surface area contributed by atoms with Crippen LogP contribution in [0.2, 0.25) is 0 Å². The average molecular weight is 868 g/mol. The molecule has 63 heavy (non-hydrogen) atoms. The summed E-state index contributed by atoms with van der Waals surface area (Å²) >= 11 is 0. The summed E-state index contributed by atoms with van der Waals surface area (Å²) in [6, 6.07) is 46.7. The van der Waals surface area contributed by atoms with E-state index in [0.29, 0.717) is 31.1 Å². The number of ether oxygens (including phenoxy) is 3. The molecule has 1 N–H and O–H groups in total. The minimum atomic E-state index is -4.24. The van der Waals surface area contributed by atoms with Gasteiger partial charge < -0.3 is 27.9 Å². The highest BCUT2D eigenvalue weighted by Gasteiger charge is 2.63. The van der Waals surface area contributed by atoms with Crippen LogP contribution in [0.3, 0.4) is 0 Å². The first-order valence-corrected chi connectivity index (χ1v) is 23.1. The Kier molecular flexibility index (Phi) is 13.2. The minimum absolute atomic E-state index is 0.0562. The number of carbonyl (C=O) groups excluding carboxylic acids is 1. The van der Waals surface area contributed by atoms with Crippen LogP contribution in [0, 0.1) is 12.3 Å². The molecule has 1 saturated heterocycles. The zero-order valence-electron chi connectivity index (χ0n) is 36.1. The maximum Gasteiger partial charge on any atom is 0.498 e. The van der Waals surface area contributed by atoms with Crippen LogP contribution in [-0.2, 0) is 49.5 Å². The van der Waals surface area contributed by atoms with Gasteiger partial charge in [-0.2, -0.15) is 4.72 Å². The first-order valence-electron chi connectivity index (χ1n) is 21.6. The van der Waals surface area contributed by atoms with Crippen molar-refractivity contribution in [1.82, 2.24) is 4.72 Å². The fraction of sp³-hybridized carbons (Fsp3) is 0.314. The topological polar surface area (TPSA) is 123 Å². The Balaban J connectivity index is 1.36. The van der Waals surface area contributed by atoms with Crippen LogP contribution < -0.4 is 10.2 Å². The highest BCUT2D eigenvalue weighted by Crippen LogP contribution is 2.52. The van der Waals surface area contributed by atoms with Gasteiger partial charge in [-0.15, -0.1) is 0 Å². The van der Waals surface area contributed by atoms with Gasteiger partial charge in [0.25, 0.3) is 0 Å². The van der Waals surface area contributed by atoms with E-state index < -0.39 is 58.0 Å². The van der Waals surface area contributed by atoms with E-state index in [0.717, 1.165) is 34.2 Å². The molecule has 5 aromatic carbocycles. The van der Waals surface area contributed by atoms with Crippen LogP contribution >= 0.6 is 0 Å². The third-order valence-corrected chi connectivity index (χ3v) is 14.3. The number of methoxy groups -OCH3 is 2. The zero-order valence-corrected chi connectivity index (χ0v) is 37.0. The number of benzene rings is 5. The molecule has 8 rings (SSSR count). The molecule has 2 heterocycles. The summed E-state index contributed by atoms with van der Waals surface area (Å²) in [6.07, 6.45) is 2.60. The summed E-state index contributed by atoms with van der Waals surface area (Å²) < 4.78 is 72.7. The molecular formula is C51H54BNO9S. The lowest BCUT2D eigenvalue weighted by molar-refractivity contribution is -0.160. The van der Waals surface area contributed by atoms with Crippen LogP contribution in [0.1, 0.15) is 78.6 Å². The van der Waals surface area contributed by atoms with Crippen molar-refractivity contribution in [2.75, 3.05) is 20.8 Å². The number of sulfonamides is 1. The second kappa shape index (κ2) is 18.8. The number of aryl methyl sites for hydroxylation is 1. The van der Waals surface area contributed by atoms with Gasteiger partial charge in [0.15, 0.2) is 0 Å². The van der Waals surface area contributed by atoms with E-state index >= 15 is 0 Å². The van der Waals surface area contributed by atoms with Crippen molar-refractivity contribution in [1.29, 1.82) is 0 Å². The molecule has 0 spiro atoms. The van der Waals surface area contributed by atoms with Gasteiger partial charge >= 0.3 is 13.1 Å². The molecule has 1 aliphatic carbocycles. The third kappa shape index (κ3) is 8.09. The van der Waals surface area contributed by atoms with Gasteiger partial charge in [-0.3, -0.25) is 4.79 Å². The second-order valence-corrected chi connectivity index (χ2v) is 18.0. The molecule has 2 fully saturated rings. The zero-order chi connectivity index (χ0) is 44.1. The molecule has 1 aromatic heterocycles. The molecule has 0 amide bonds. The van der Waals surface area contributed by atoms with Gasteiger partial charge in [-0.1, -0.05) is 158 Å². The lowest BCUT2D eigenvalue weighted by atomic mass is 9.66. The summed E-state index contributed by atoms with van der Waals surface area (Å²) in [5, 5.41) is 0. The van der Waals surface area contributed by atoms with Crippen LogP contribution in [0.15, 0.2) is 167 Å². The number of furan rings is 1. The maximum absolute atomic E-state index is 14.5. The number of hydrogen-bond acceptors (Lipinski definition) is 9. The normalized spacial score (nSPS) is 18.5. The second-order valence-electron chi connectivity index (χ2n) is 16.3. The van der Waals surface area contributed by atoms with Crippen molar-refractivity contribution in [3.63, 3.8) is 0 Å². The number of hydrogen-bond donors (Lipinski definition) is 1. The van der Waals surface area contributed by atoms with E-state index in [1.54, 1.807) is 51.5 Å². The number of nitrogens with one attached hydrogen (secondary N) is 1. The minimum Gasteiger partial charge on any atom is -0.468 e. The molecule has 12 heteroatoms. The monoisotopic (exact) mass is 867 g/mol. The smallest absolute Gasteiger partial charge is 0.468 e. The molecule has 1 saturated carbocycles. The molecule has 1 aliphatic heterocycles. The Labute approximate surface area is 371 Å². The Morgan fingerprint density at radius 3 is 1.56 bits per heavy atom. The van der Waals surface area contributed by atoms with Crippen molar-refractivity contribution < 1.29 is 41.1 Å². The Bertz CT molecular complexity index is 2350. The predicted molar refractivity (Wildman–Crippen MR) is 242 cm³/mol. The van der Waals surface area contributed by atoms with Gasteiger partial charge in [0.1, 0.15) is 29.2 Å². The average Bonchev–Trinajstić information content (AvgIpc) is 4.00. The van der Waals surface area contributed by atoms with Crippen LogP contribution in [-0.4, -0.2) is 54.5 Å². The van der Waals surface area contributed by atoms with Gasteiger partial charge in [-0.05, 0) is 67.1 Å². The predicted octanol–water partition coefficient (Wildman–Crippen LogP) is 8.78. The standard InChI is InChI=1S/C51H54BNO9S/c1-5-59-48(54)49(34-19-10-20-35-49)45(53-63(55,56)42-31-29-37(2)30-32-42)44-43(33-36-60-44)52-61-46(50(57-3,38-21-11-6-12-22-38)39-23-13-7-14-24-39)47(62-52)51(58-4,40-25-15-8-16-26-40)41-27-17-9-18-28-41/h6-9,11-18,21-33,36,45-47,53H,5,10,19-20,34-35H2,1-4H3/t45-,46+,47+/m0/s1. The van der Waals surface area contributed by atoms with Crippen molar-refractivity contribution in [2.45, 2.75) is 80.3 Å². The lowest BCUT2D eigenvalue weighted by Crippen LogP contribution is -2.56. The number of rotatable bonds is 16. The molecular weight excluding hydrogens is 813 g/mol. The SMILES string of the molecule is CCOC(=O)C1([C@@H](NS(=O)(=O)c2ccc(C)cc2)c2occc2B2O[C@@H](C(OC)(c3ccccc3)c3ccccc3)[C@H](C(OC)(c3ccccc3)c3ccccc3)O2)CCCCC1. The first-order chi connectivity index (χ1) is 30.6. The van der Waals surface area contributed by atoms with Gasteiger partial charge in [0, 0.05) is 19.7 Å². The summed E-state index contributed by atoms with van der Waals surface area (Å²) in [6.45, 7) is 3.77. The van der Waals surface area contributed by atoms with E-state index in [-0.39, 0.29) is 17.3 Å². The first kappa shape index (κ1) is 44.3. The molecule has 0 radical (unpaired) electrons. The lowest BCUT2D eigenvalue weighted by Gasteiger charge is -2.46. The van der Waals surface area contributed by atoms with Crippen LogP contribution in [0.4, 0.5) is 0 Å². The van der Waals surface area contributed by atoms with Gasteiger partial charge in [-0.25, -0.2) is 8.42 Å². The fourth-order valence-corrected chi connectivity index (χ4v) is 11.1. The van der Waals surface area contributed by atoms with E-state index in [4.69, 9.17) is 27.9 Å². The Morgan fingerprint density at radius 2 is 1.14 bits per heavy atom. The third-order valence-electron chi connectivity index (χ3n) is 12.9. The quantitative estimate of drug-likeness (QED) is 0.0752. The van der Waals surface area contributed by atoms with Crippen LogP contribution in [0.25, 0.3) is 0 Å². The Morgan fingerprint density at radius 1 is 0.698 bits per heavy atom. The summed E-state index contributed by atoms with van der Waals surface area (Å²) in [5.41, 5.74) is 0.628. The number of esters is 1. The molecule has 10 nitrogen and oxygen atoms in total. The maximum atomic E-state index is 14.5. The highest BCUT2D eigenvalue weighted by atomic mass is 32.2. The van der Waals surface area contributed by atoms with E-state index in [1.165, 1.54) is 6.26 Å². The van der Waals surface area contributed by atoms with E-state index in [1.807, 2.05) is 128 Å². The van der Waals surface area contributed by atoms with Crippen molar-refractivity contribution in [3.8, 4) is 0 Å². The molecule has 326 valence electrons. The molecule has 3 atom stereocenters. The summed E-state index contributed by atoms with van der Waals surface area (Å²) in [7, 11) is -2.10. The summed E-state index contributed by atoms with van der Waals surface area (Å²) in [5.74, 6) is -0.305. The highest BCUT2D eigenvalue weighted by molar-refractivity contribution is 7.89. The largest absolute Gasteiger partial charge is 0.498 e. The molecule has 6 aromatic rings. The fourth-order valence-electron chi connectivity index (χ4n) is 9.83. The molecule has 0 bridgehead atoms. The van der Waals surface area contributed by atoms with Gasteiger partial charge in [0.2, 0.25) is 10.0 Å². The van der Waals surface area contributed by atoms with E-state index in [9.17, 15) is 13.2 Å². The van der Waals surface area contributed by atoms with Crippen molar-refractivity contribution in [3.05, 3.63) is 191 Å². The van der Waals surface area contributed by atoms with E-state index in [2.05, 4.69) is 4.72 Å². The van der Waals surface area contributed by atoms with Crippen molar-refractivity contribution in [2.24, 2.45) is 5.41 Å².